The molecule has 0 aliphatic rings. The average Bonchev–Trinajstić information content (AvgIpc) is 3.28. The van der Waals surface area contributed by atoms with E-state index in [-0.39, 0.29) is 49.5 Å². The number of aldehydes is 1. The third kappa shape index (κ3) is 8.62. The van der Waals surface area contributed by atoms with E-state index in [1.54, 1.807) is 58.5 Å². The Hall–Kier alpha value is -3.89. The number of aromatic nitrogens is 2. The van der Waals surface area contributed by atoms with Crippen LogP contribution in [-0.2, 0) is 41.6 Å². The molecular formula is C26H36N2O9. The van der Waals surface area contributed by atoms with Gasteiger partial charge in [0.05, 0.1) is 43.2 Å². The fourth-order valence-corrected chi connectivity index (χ4v) is 3.63. The monoisotopic (exact) mass is 520 g/mol. The number of carbonyl (C=O) groups excluding carboxylic acids is 5. The van der Waals surface area contributed by atoms with Gasteiger partial charge >= 0.3 is 23.9 Å². The van der Waals surface area contributed by atoms with E-state index in [1.165, 1.54) is 4.57 Å². The number of esters is 4. The van der Waals surface area contributed by atoms with Gasteiger partial charge in [-0.1, -0.05) is 0 Å². The molecule has 0 amide bonds. The molecule has 204 valence electrons. The van der Waals surface area contributed by atoms with Gasteiger partial charge in [-0.15, -0.1) is 0 Å². The highest BCUT2D eigenvalue weighted by Gasteiger charge is 2.22. The van der Waals surface area contributed by atoms with Crippen molar-refractivity contribution in [3.05, 3.63) is 46.0 Å². The molecule has 11 heteroatoms. The number of ether oxygens (including phenoxy) is 4. The summed E-state index contributed by atoms with van der Waals surface area (Å²) in [6.07, 6.45) is 3.86. The zero-order valence-corrected chi connectivity index (χ0v) is 22.5. The Kier molecular flexibility index (Phi) is 12.9. The minimum atomic E-state index is -0.565. The summed E-state index contributed by atoms with van der Waals surface area (Å²) >= 11 is 0. The number of nitrogens with zero attached hydrogens (tertiary/aromatic N) is 2. The van der Waals surface area contributed by atoms with E-state index < -0.39 is 11.9 Å². The van der Waals surface area contributed by atoms with Gasteiger partial charge in [0.25, 0.3) is 0 Å². The van der Waals surface area contributed by atoms with Crippen LogP contribution in [0.4, 0.5) is 0 Å². The molecule has 0 spiro atoms. The Morgan fingerprint density at radius 3 is 1.54 bits per heavy atom. The van der Waals surface area contributed by atoms with Crippen LogP contribution in [0.5, 0.6) is 0 Å². The normalized spacial score (nSPS) is 10.1. The zero-order chi connectivity index (χ0) is 28.1. The van der Waals surface area contributed by atoms with Gasteiger partial charge in [0, 0.05) is 18.1 Å². The highest BCUT2D eigenvalue weighted by molar-refractivity contribution is 5.99. The minimum Gasteiger partial charge on any atom is -0.465 e. The van der Waals surface area contributed by atoms with E-state index in [4.69, 9.17) is 18.9 Å². The number of carbonyl (C=O) groups is 5. The Labute approximate surface area is 216 Å². The van der Waals surface area contributed by atoms with Crippen molar-refractivity contribution in [2.45, 2.75) is 61.6 Å². The second kappa shape index (κ2) is 15.3. The highest BCUT2D eigenvalue weighted by Crippen LogP contribution is 2.18. The van der Waals surface area contributed by atoms with Crippen molar-refractivity contribution < 1.29 is 42.9 Å². The van der Waals surface area contributed by atoms with Gasteiger partial charge in [-0.05, 0) is 59.6 Å². The topological polar surface area (TPSA) is 132 Å². The summed E-state index contributed by atoms with van der Waals surface area (Å²) < 4.78 is 22.7. The Morgan fingerprint density at radius 1 is 0.676 bits per heavy atom. The van der Waals surface area contributed by atoms with E-state index in [9.17, 15) is 24.0 Å². The second-order valence-electron chi connectivity index (χ2n) is 7.77. The lowest BCUT2D eigenvalue weighted by molar-refractivity contribution is -0.144. The van der Waals surface area contributed by atoms with E-state index in [0.29, 0.717) is 30.6 Å². The first-order valence-electron chi connectivity index (χ1n) is 12.0. The lowest BCUT2D eigenvalue weighted by Crippen LogP contribution is -2.16. The number of hydrogen-bond acceptors (Lipinski definition) is 9. The quantitative estimate of drug-likeness (QED) is 0.249. The summed E-state index contributed by atoms with van der Waals surface area (Å²) in [4.78, 5) is 57.5. The molecule has 0 aromatic carbocycles. The van der Waals surface area contributed by atoms with Crippen molar-refractivity contribution in [2.75, 3.05) is 26.4 Å². The van der Waals surface area contributed by atoms with Crippen LogP contribution in [0.15, 0.2) is 12.4 Å². The van der Waals surface area contributed by atoms with Crippen molar-refractivity contribution in [1.82, 2.24) is 9.13 Å². The molecule has 0 unspecified atom stereocenters. The molecule has 0 saturated carbocycles. The lowest BCUT2D eigenvalue weighted by atomic mass is 10.2. The van der Waals surface area contributed by atoms with Crippen LogP contribution in [-0.4, -0.2) is 65.7 Å². The van der Waals surface area contributed by atoms with Gasteiger partial charge in [0.1, 0.15) is 13.1 Å². The van der Waals surface area contributed by atoms with Crippen LogP contribution in [0.3, 0.4) is 0 Å². The van der Waals surface area contributed by atoms with E-state index in [0.717, 1.165) is 11.3 Å². The SMILES string of the molecule is CCOC(=O)Cn1cc(C)c(C(=O)OCC)c1C.CCOC(=O)Cn1cc(C)c(C(=O)OCC)c1C=O. The molecule has 37 heavy (non-hydrogen) atoms. The molecule has 0 bridgehead atoms. The molecular weight excluding hydrogens is 484 g/mol. The highest BCUT2D eigenvalue weighted by atomic mass is 16.5. The van der Waals surface area contributed by atoms with Gasteiger partial charge in [0.15, 0.2) is 6.29 Å². The molecule has 11 nitrogen and oxygen atoms in total. The summed E-state index contributed by atoms with van der Waals surface area (Å²) in [7, 11) is 0. The van der Waals surface area contributed by atoms with Crippen molar-refractivity contribution in [2.24, 2.45) is 0 Å². The van der Waals surface area contributed by atoms with Crippen LogP contribution in [0.25, 0.3) is 0 Å². The first-order valence-corrected chi connectivity index (χ1v) is 12.0. The van der Waals surface area contributed by atoms with Crippen molar-refractivity contribution in [1.29, 1.82) is 0 Å². The third-order valence-electron chi connectivity index (χ3n) is 5.13. The summed E-state index contributed by atoms with van der Waals surface area (Å²) in [6, 6.07) is 0. The predicted molar refractivity (Wildman–Crippen MR) is 134 cm³/mol. The zero-order valence-electron chi connectivity index (χ0n) is 22.5. The van der Waals surface area contributed by atoms with Crippen LogP contribution < -0.4 is 0 Å². The Balaban J connectivity index is 0.000000371. The van der Waals surface area contributed by atoms with E-state index in [2.05, 4.69) is 0 Å². The predicted octanol–water partition coefficient (Wildman–Crippen LogP) is 3.19. The maximum Gasteiger partial charge on any atom is 0.340 e. The van der Waals surface area contributed by atoms with Crippen LogP contribution in [0, 0.1) is 20.8 Å². The standard InChI is InChI=1S/C13H17NO5.C13H19NO4/c1-4-18-11(16)7-14-6-9(3)12(10(14)8-15)13(17)19-5-2;1-5-17-11(15)8-14-7-9(3)12(10(14)4)13(16)18-6-2/h6,8H,4-5,7H2,1-3H3;7H,5-6,8H2,1-4H3. The first kappa shape index (κ1) is 31.1. The molecule has 0 fully saturated rings. The van der Waals surface area contributed by atoms with E-state index >= 15 is 0 Å². The fraction of sp³-hybridized carbons (Fsp3) is 0.500. The Morgan fingerprint density at radius 2 is 1.08 bits per heavy atom. The minimum absolute atomic E-state index is 0.109. The molecule has 0 radical (unpaired) electrons. The van der Waals surface area contributed by atoms with Gasteiger partial charge in [0.2, 0.25) is 0 Å². The van der Waals surface area contributed by atoms with Crippen molar-refractivity contribution >= 4 is 30.2 Å². The number of aryl methyl sites for hydroxylation is 2. The van der Waals surface area contributed by atoms with E-state index in [1.807, 2.05) is 6.92 Å². The van der Waals surface area contributed by atoms with Gasteiger partial charge in [-0.3, -0.25) is 14.4 Å². The molecule has 0 aliphatic carbocycles. The smallest absolute Gasteiger partial charge is 0.340 e. The molecule has 2 aromatic heterocycles. The largest absolute Gasteiger partial charge is 0.465 e. The van der Waals surface area contributed by atoms with Gasteiger partial charge in [-0.25, -0.2) is 9.59 Å². The maximum absolute atomic E-state index is 11.8. The molecule has 0 atom stereocenters. The molecule has 2 aromatic rings. The molecule has 0 saturated heterocycles. The fourth-order valence-electron chi connectivity index (χ4n) is 3.63. The van der Waals surface area contributed by atoms with Crippen molar-refractivity contribution in [3.8, 4) is 0 Å². The first-order chi connectivity index (χ1) is 17.6. The van der Waals surface area contributed by atoms with Crippen LogP contribution >= 0.6 is 0 Å². The summed E-state index contributed by atoms with van der Waals surface area (Å²) in [6.45, 7) is 13.4. The molecule has 2 heterocycles. The van der Waals surface area contributed by atoms with Crippen LogP contribution in [0.2, 0.25) is 0 Å². The molecule has 2 rings (SSSR count). The second-order valence-corrected chi connectivity index (χ2v) is 7.77. The average molecular weight is 521 g/mol. The number of hydrogen-bond donors (Lipinski definition) is 0. The summed E-state index contributed by atoms with van der Waals surface area (Å²) in [5.41, 5.74) is 2.96. The maximum atomic E-state index is 11.8. The third-order valence-corrected chi connectivity index (χ3v) is 5.13. The van der Waals surface area contributed by atoms with Gasteiger partial charge < -0.3 is 28.1 Å². The lowest BCUT2D eigenvalue weighted by Gasteiger charge is -2.06. The van der Waals surface area contributed by atoms with Gasteiger partial charge in [-0.2, -0.15) is 0 Å². The van der Waals surface area contributed by atoms with Crippen LogP contribution in [0.1, 0.15) is 75.7 Å². The number of rotatable bonds is 11. The molecule has 0 aliphatic heterocycles. The summed E-state index contributed by atoms with van der Waals surface area (Å²) in [5, 5.41) is 0. The molecule has 0 N–H and O–H groups in total. The van der Waals surface area contributed by atoms with Crippen molar-refractivity contribution in [3.63, 3.8) is 0 Å². The Bertz CT molecular complexity index is 1110. The summed E-state index contributed by atoms with van der Waals surface area (Å²) in [5.74, 6) is -1.69.